The summed E-state index contributed by atoms with van der Waals surface area (Å²) in [5.41, 5.74) is 2.97. The van der Waals surface area contributed by atoms with E-state index in [0.717, 1.165) is 28.7 Å². The Bertz CT molecular complexity index is 597. The monoisotopic (exact) mass is 319 g/mol. The van der Waals surface area contributed by atoms with E-state index in [1.807, 2.05) is 18.7 Å². The molecular weight excluding hydrogens is 298 g/mol. The first-order chi connectivity index (χ1) is 10.3. The molecule has 1 aromatic carbocycles. The molecule has 3 nitrogen and oxygen atoms in total. The van der Waals surface area contributed by atoms with Crippen LogP contribution < -0.4 is 5.32 Å². The molecule has 5 heteroatoms. The molecule has 1 N–H and O–H groups in total. The van der Waals surface area contributed by atoms with Crippen LogP contribution in [-0.2, 0) is 6.42 Å². The largest absolute Gasteiger partial charge is 0.309 e. The molecule has 0 radical (unpaired) electrons. The second-order valence-corrected chi connectivity index (χ2v) is 8.08. The second kappa shape index (κ2) is 6.90. The molecule has 1 aliphatic rings. The van der Waals surface area contributed by atoms with E-state index in [2.05, 4.69) is 46.7 Å². The smallest absolute Gasteiger partial charge is 0.174 e. The zero-order valence-corrected chi connectivity index (χ0v) is 14.1. The van der Waals surface area contributed by atoms with Crippen molar-refractivity contribution >= 4 is 23.1 Å². The van der Waals surface area contributed by atoms with Gasteiger partial charge in [0, 0.05) is 11.3 Å². The van der Waals surface area contributed by atoms with Crippen LogP contribution in [0, 0.1) is 6.92 Å². The van der Waals surface area contributed by atoms with Gasteiger partial charge < -0.3 is 5.32 Å². The molecule has 0 bridgehead atoms. The Labute approximate surface area is 134 Å². The van der Waals surface area contributed by atoms with Gasteiger partial charge in [-0.15, -0.1) is 10.2 Å². The van der Waals surface area contributed by atoms with Gasteiger partial charge in [0.25, 0.3) is 0 Å². The van der Waals surface area contributed by atoms with Crippen LogP contribution in [0.4, 0.5) is 0 Å². The number of nitrogens with one attached hydrogen (secondary N) is 1. The van der Waals surface area contributed by atoms with E-state index < -0.39 is 0 Å². The number of rotatable bonds is 5. The zero-order chi connectivity index (χ0) is 14.7. The van der Waals surface area contributed by atoms with Crippen LogP contribution in [0.1, 0.15) is 41.9 Å². The molecule has 1 heterocycles. The number of thioether (sulfide) groups is 1. The summed E-state index contributed by atoms with van der Waals surface area (Å²) in [5, 5.41) is 13.8. The third-order valence-corrected chi connectivity index (χ3v) is 6.10. The average molecular weight is 319 g/mol. The maximum atomic E-state index is 4.28. The van der Waals surface area contributed by atoms with Crippen LogP contribution in [-0.4, -0.2) is 22.0 Å². The van der Waals surface area contributed by atoms with Crippen molar-refractivity contribution in [3.05, 3.63) is 40.4 Å². The van der Waals surface area contributed by atoms with Crippen molar-refractivity contribution < 1.29 is 0 Å². The number of fused-ring (bicyclic) bond motifs is 1. The fraction of sp³-hybridized carbons (Fsp3) is 0.500. The summed E-state index contributed by atoms with van der Waals surface area (Å²) >= 11 is 3.59. The van der Waals surface area contributed by atoms with Gasteiger partial charge in [-0.25, -0.2) is 0 Å². The van der Waals surface area contributed by atoms with Gasteiger partial charge in [0.05, 0.1) is 0 Å². The predicted octanol–water partition coefficient (Wildman–Crippen LogP) is 3.99. The quantitative estimate of drug-likeness (QED) is 0.904. The van der Waals surface area contributed by atoms with E-state index in [-0.39, 0.29) is 0 Å². The standard InChI is InChI=1S/C16H21N3S2/c1-3-10-17-15-13-7-5-4-6-12(13)8-9-14(15)21-16-19-18-11(2)20-16/h4-7,14-15,17H,3,8-10H2,1-2H3. The normalized spacial score (nSPS) is 21.2. The molecule has 1 aromatic heterocycles. The molecule has 2 atom stereocenters. The Morgan fingerprint density at radius 1 is 1.33 bits per heavy atom. The number of hydrogen-bond donors (Lipinski definition) is 1. The van der Waals surface area contributed by atoms with Gasteiger partial charge in [-0.05, 0) is 43.9 Å². The van der Waals surface area contributed by atoms with E-state index >= 15 is 0 Å². The first-order valence-corrected chi connectivity index (χ1v) is 9.25. The molecule has 3 rings (SSSR count). The van der Waals surface area contributed by atoms with E-state index in [0.29, 0.717) is 11.3 Å². The molecule has 0 saturated carbocycles. The molecule has 1 aliphatic carbocycles. The van der Waals surface area contributed by atoms with Crippen LogP contribution in [0.5, 0.6) is 0 Å². The SMILES string of the molecule is CCCNC1c2ccccc2CCC1Sc1nnc(C)s1. The van der Waals surface area contributed by atoms with E-state index in [1.165, 1.54) is 17.5 Å². The first kappa shape index (κ1) is 15.0. The summed E-state index contributed by atoms with van der Waals surface area (Å²) < 4.78 is 1.10. The van der Waals surface area contributed by atoms with Crippen LogP contribution in [0.3, 0.4) is 0 Å². The van der Waals surface area contributed by atoms with Crippen molar-refractivity contribution in [2.24, 2.45) is 0 Å². The molecular formula is C16H21N3S2. The summed E-state index contributed by atoms with van der Waals surface area (Å²) in [7, 11) is 0. The Balaban J connectivity index is 1.82. The van der Waals surface area contributed by atoms with Crippen LogP contribution >= 0.6 is 23.1 Å². The zero-order valence-electron chi connectivity index (χ0n) is 12.5. The Hall–Kier alpha value is -0.910. The highest BCUT2D eigenvalue weighted by Crippen LogP contribution is 2.40. The number of hydrogen-bond acceptors (Lipinski definition) is 5. The van der Waals surface area contributed by atoms with Crippen LogP contribution in [0.15, 0.2) is 28.6 Å². The van der Waals surface area contributed by atoms with Crippen molar-refractivity contribution in [1.29, 1.82) is 0 Å². The van der Waals surface area contributed by atoms with Gasteiger partial charge in [0.2, 0.25) is 0 Å². The minimum absolute atomic E-state index is 0.420. The molecule has 112 valence electrons. The predicted molar refractivity (Wildman–Crippen MR) is 90.1 cm³/mol. The lowest BCUT2D eigenvalue weighted by molar-refractivity contribution is 0.472. The Morgan fingerprint density at radius 3 is 2.95 bits per heavy atom. The van der Waals surface area contributed by atoms with Crippen molar-refractivity contribution in [2.75, 3.05) is 6.54 Å². The molecule has 0 fully saturated rings. The summed E-state index contributed by atoms with van der Waals surface area (Å²) in [4.78, 5) is 0. The highest BCUT2D eigenvalue weighted by molar-refractivity contribution is 8.01. The van der Waals surface area contributed by atoms with Crippen molar-refractivity contribution in [1.82, 2.24) is 15.5 Å². The number of aromatic nitrogens is 2. The fourth-order valence-corrected chi connectivity index (χ4v) is 5.16. The Kier molecular flexibility index (Phi) is 4.93. The average Bonchev–Trinajstić information content (AvgIpc) is 2.91. The van der Waals surface area contributed by atoms with E-state index in [4.69, 9.17) is 0 Å². The van der Waals surface area contributed by atoms with Crippen molar-refractivity contribution in [2.45, 2.75) is 48.7 Å². The molecule has 21 heavy (non-hydrogen) atoms. The number of nitrogens with zero attached hydrogens (tertiary/aromatic N) is 2. The number of aryl methyl sites for hydroxylation is 2. The van der Waals surface area contributed by atoms with E-state index in [1.54, 1.807) is 11.3 Å². The maximum absolute atomic E-state index is 4.28. The third kappa shape index (κ3) is 3.47. The van der Waals surface area contributed by atoms with Crippen LogP contribution in [0.2, 0.25) is 0 Å². The molecule has 0 saturated heterocycles. The van der Waals surface area contributed by atoms with Crippen LogP contribution in [0.25, 0.3) is 0 Å². The lowest BCUT2D eigenvalue weighted by atomic mass is 9.87. The topological polar surface area (TPSA) is 37.8 Å². The summed E-state index contributed by atoms with van der Waals surface area (Å²) in [6.45, 7) is 5.30. The van der Waals surface area contributed by atoms with Crippen molar-refractivity contribution in [3.8, 4) is 0 Å². The minimum Gasteiger partial charge on any atom is -0.309 e. The minimum atomic E-state index is 0.420. The summed E-state index contributed by atoms with van der Waals surface area (Å²) in [6, 6.07) is 9.27. The first-order valence-electron chi connectivity index (χ1n) is 7.56. The van der Waals surface area contributed by atoms with Gasteiger partial charge >= 0.3 is 0 Å². The summed E-state index contributed by atoms with van der Waals surface area (Å²) in [6.07, 6.45) is 3.52. The van der Waals surface area contributed by atoms with Crippen molar-refractivity contribution in [3.63, 3.8) is 0 Å². The third-order valence-electron chi connectivity index (χ3n) is 3.83. The molecule has 0 aliphatic heterocycles. The van der Waals surface area contributed by atoms with Gasteiger partial charge in [-0.1, -0.05) is 54.3 Å². The fourth-order valence-electron chi connectivity index (χ4n) is 2.85. The molecule has 2 aromatic rings. The Morgan fingerprint density at radius 2 is 2.19 bits per heavy atom. The molecule has 2 unspecified atom stereocenters. The molecule has 0 amide bonds. The lowest BCUT2D eigenvalue weighted by Gasteiger charge is -2.33. The van der Waals surface area contributed by atoms with Gasteiger partial charge in [0.1, 0.15) is 5.01 Å². The highest BCUT2D eigenvalue weighted by atomic mass is 32.2. The summed E-state index contributed by atoms with van der Waals surface area (Å²) in [5.74, 6) is 0. The second-order valence-electron chi connectivity index (χ2n) is 5.41. The van der Waals surface area contributed by atoms with Gasteiger partial charge in [-0.2, -0.15) is 0 Å². The maximum Gasteiger partial charge on any atom is 0.174 e. The lowest BCUT2D eigenvalue weighted by Crippen LogP contribution is -2.34. The van der Waals surface area contributed by atoms with Gasteiger partial charge in [-0.3, -0.25) is 0 Å². The van der Waals surface area contributed by atoms with Gasteiger partial charge in [0.15, 0.2) is 4.34 Å². The molecule has 0 spiro atoms. The van der Waals surface area contributed by atoms with E-state index in [9.17, 15) is 0 Å². The highest BCUT2D eigenvalue weighted by Gasteiger charge is 2.30. The number of benzene rings is 1.